The summed E-state index contributed by atoms with van der Waals surface area (Å²) >= 11 is 0. The molecule has 2 N–H and O–H groups in total. The highest BCUT2D eigenvalue weighted by Crippen LogP contribution is 2.39. The van der Waals surface area contributed by atoms with Crippen molar-refractivity contribution >= 4 is 5.69 Å². The molecule has 2 unspecified atom stereocenters. The topological polar surface area (TPSA) is 29.3 Å². The van der Waals surface area contributed by atoms with Crippen molar-refractivity contribution in [2.75, 3.05) is 11.4 Å². The average molecular weight is 248 g/mol. The van der Waals surface area contributed by atoms with Gasteiger partial charge in [-0.15, -0.1) is 0 Å². The summed E-state index contributed by atoms with van der Waals surface area (Å²) in [5, 5.41) is 0. The first-order valence-corrected chi connectivity index (χ1v) is 7.04. The molecular weight excluding hydrogens is 227 g/mol. The summed E-state index contributed by atoms with van der Waals surface area (Å²) in [5.41, 5.74) is 7.87. The minimum atomic E-state index is -0.182. The number of hydrogen-bond donors (Lipinski definition) is 1. The second-order valence-corrected chi connectivity index (χ2v) is 5.57. The fraction of sp³-hybridized carbons (Fsp3) is 0.600. The first-order chi connectivity index (χ1) is 8.79. The lowest BCUT2D eigenvalue weighted by molar-refractivity contribution is 0.342. The number of benzene rings is 1. The third kappa shape index (κ3) is 2.01. The molecule has 0 spiro atoms. The van der Waals surface area contributed by atoms with Crippen LogP contribution in [0.1, 0.15) is 37.7 Å². The van der Waals surface area contributed by atoms with E-state index in [1.807, 2.05) is 6.07 Å². The van der Waals surface area contributed by atoms with Gasteiger partial charge in [0.1, 0.15) is 5.82 Å². The maximum Gasteiger partial charge on any atom is 0.123 e. The molecule has 1 aliphatic carbocycles. The molecule has 0 bridgehead atoms. The molecule has 1 heterocycles. The average Bonchev–Trinajstić information content (AvgIpc) is 2.82. The first-order valence-electron chi connectivity index (χ1n) is 7.04. The van der Waals surface area contributed by atoms with E-state index in [2.05, 4.69) is 4.90 Å². The Morgan fingerprint density at radius 2 is 2.06 bits per heavy atom. The largest absolute Gasteiger partial charge is 0.368 e. The second kappa shape index (κ2) is 4.88. The number of fused-ring (bicyclic) bond motifs is 1. The summed E-state index contributed by atoms with van der Waals surface area (Å²) in [6.45, 7) is 1.52. The van der Waals surface area contributed by atoms with Crippen molar-refractivity contribution < 1.29 is 4.39 Å². The summed E-state index contributed by atoms with van der Waals surface area (Å²) in [5.74, 6) is 0.660. The van der Waals surface area contributed by atoms with E-state index >= 15 is 0 Å². The van der Waals surface area contributed by atoms with E-state index in [-0.39, 0.29) is 5.82 Å². The summed E-state index contributed by atoms with van der Waals surface area (Å²) in [7, 11) is 0. The highest BCUT2D eigenvalue weighted by atomic mass is 19.1. The summed E-state index contributed by atoms with van der Waals surface area (Å²) < 4.78 is 13.3. The molecule has 1 saturated heterocycles. The van der Waals surface area contributed by atoms with Crippen LogP contribution in [-0.2, 0) is 6.54 Å². The lowest BCUT2D eigenvalue weighted by Gasteiger charge is -2.34. The number of nitrogens with two attached hydrogens (primary N) is 1. The van der Waals surface area contributed by atoms with Gasteiger partial charge in [0.05, 0.1) is 0 Å². The molecule has 0 radical (unpaired) electrons. The maximum atomic E-state index is 13.3. The van der Waals surface area contributed by atoms with Gasteiger partial charge in [-0.1, -0.05) is 12.8 Å². The van der Waals surface area contributed by atoms with E-state index in [0.717, 1.165) is 23.7 Å². The van der Waals surface area contributed by atoms with E-state index in [4.69, 9.17) is 5.73 Å². The Hall–Kier alpha value is -1.09. The van der Waals surface area contributed by atoms with Gasteiger partial charge in [0.25, 0.3) is 0 Å². The van der Waals surface area contributed by atoms with Crippen molar-refractivity contribution in [1.82, 2.24) is 0 Å². The number of halogens is 1. The van der Waals surface area contributed by atoms with Gasteiger partial charge < -0.3 is 10.6 Å². The molecule has 1 aromatic rings. The number of anilines is 1. The molecule has 0 amide bonds. The van der Waals surface area contributed by atoms with Crippen LogP contribution >= 0.6 is 0 Å². The van der Waals surface area contributed by atoms with Crippen molar-refractivity contribution in [1.29, 1.82) is 0 Å². The highest BCUT2D eigenvalue weighted by molar-refractivity contribution is 5.55. The summed E-state index contributed by atoms with van der Waals surface area (Å²) in [6.07, 6.45) is 6.64. The zero-order valence-electron chi connectivity index (χ0n) is 10.7. The van der Waals surface area contributed by atoms with E-state index in [1.54, 1.807) is 12.1 Å². The monoisotopic (exact) mass is 248 g/mol. The highest BCUT2D eigenvalue weighted by Gasteiger charge is 2.36. The van der Waals surface area contributed by atoms with Gasteiger partial charge in [-0.25, -0.2) is 4.39 Å². The van der Waals surface area contributed by atoms with Crippen LogP contribution in [0, 0.1) is 11.7 Å². The Morgan fingerprint density at radius 1 is 1.22 bits per heavy atom. The molecule has 1 aliphatic heterocycles. The van der Waals surface area contributed by atoms with Crippen LogP contribution in [0.25, 0.3) is 0 Å². The summed E-state index contributed by atoms with van der Waals surface area (Å²) in [4.78, 5) is 2.48. The Bertz CT molecular complexity index is 433. The van der Waals surface area contributed by atoms with E-state index in [9.17, 15) is 4.39 Å². The fourth-order valence-corrected chi connectivity index (χ4v) is 3.70. The molecule has 2 nitrogen and oxygen atoms in total. The molecule has 3 heteroatoms. The quantitative estimate of drug-likeness (QED) is 0.871. The molecule has 2 atom stereocenters. The number of nitrogens with zero attached hydrogens (tertiary/aromatic N) is 1. The molecule has 1 saturated carbocycles. The SMILES string of the molecule is NCc1cc(F)ccc1N1CCC2CCCCC21. The van der Waals surface area contributed by atoms with E-state index in [1.165, 1.54) is 32.1 Å². The van der Waals surface area contributed by atoms with Gasteiger partial charge in [-0.3, -0.25) is 0 Å². The van der Waals surface area contributed by atoms with Crippen LogP contribution in [0.3, 0.4) is 0 Å². The van der Waals surface area contributed by atoms with Crippen molar-refractivity contribution in [3.05, 3.63) is 29.6 Å². The van der Waals surface area contributed by atoms with Crippen LogP contribution < -0.4 is 10.6 Å². The predicted molar refractivity (Wildman–Crippen MR) is 72.0 cm³/mol. The molecule has 0 aromatic heterocycles. The minimum absolute atomic E-state index is 0.182. The van der Waals surface area contributed by atoms with E-state index < -0.39 is 0 Å². The second-order valence-electron chi connectivity index (χ2n) is 5.57. The van der Waals surface area contributed by atoms with Gasteiger partial charge in [-0.2, -0.15) is 0 Å². The lowest BCUT2D eigenvalue weighted by atomic mass is 9.85. The molecule has 2 fully saturated rings. The third-order valence-electron chi connectivity index (χ3n) is 4.58. The maximum absolute atomic E-state index is 13.3. The van der Waals surface area contributed by atoms with Gasteiger partial charge in [-0.05, 0) is 48.9 Å². The van der Waals surface area contributed by atoms with Crippen LogP contribution in [0.5, 0.6) is 0 Å². The van der Waals surface area contributed by atoms with Crippen molar-refractivity contribution in [2.24, 2.45) is 11.7 Å². The molecular formula is C15H21FN2. The van der Waals surface area contributed by atoms with Crippen LogP contribution in [-0.4, -0.2) is 12.6 Å². The van der Waals surface area contributed by atoms with Gasteiger partial charge in [0.15, 0.2) is 0 Å². The van der Waals surface area contributed by atoms with Crippen LogP contribution in [0.15, 0.2) is 18.2 Å². The molecule has 1 aromatic carbocycles. The fourth-order valence-electron chi connectivity index (χ4n) is 3.70. The molecule has 18 heavy (non-hydrogen) atoms. The number of hydrogen-bond acceptors (Lipinski definition) is 2. The van der Waals surface area contributed by atoms with Crippen molar-refractivity contribution in [2.45, 2.75) is 44.7 Å². The van der Waals surface area contributed by atoms with Crippen molar-refractivity contribution in [3.63, 3.8) is 0 Å². The molecule has 2 aliphatic rings. The smallest absolute Gasteiger partial charge is 0.123 e. The standard InChI is InChI=1S/C15H21FN2/c16-13-5-6-15(12(9-13)10-17)18-8-7-11-3-1-2-4-14(11)18/h5-6,9,11,14H,1-4,7-8,10,17H2. The number of rotatable bonds is 2. The first kappa shape index (κ1) is 12.0. The van der Waals surface area contributed by atoms with E-state index in [0.29, 0.717) is 12.6 Å². The zero-order chi connectivity index (χ0) is 12.5. The predicted octanol–water partition coefficient (Wildman–Crippen LogP) is 3.05. The van der Waals surface area contributed by atoms with Gasteiger partial charge in [0, 0.05) is 24.8 Å². The normalized spacial score (nSPS) is 27.3. The minimum Gasteiger partial charge on any atom is -0.368 e. The Balaban J connectivity index is 1.90. The van der Waals surface area contributed by atoms with Gasteiger partial charge in [0.2, 0.25) is 0 Å². The molecule has 3 rings (SSSR count). The Kier molecular flexibility index (Phi) is 3.25. The van der Waals surface area contributed by atoms with Crippen LogP contribution in [0.4, 0.5) is 10.1 Å². The Morgan fingerprint density at radius 3 is 2.89 bits per heavy atom. The zero-order valence-corrected chi connectivity index (χ0v) is 10.7. The Labute approximate surface area is 108 Å². The van der Waals surface area contributed by atoms with Gasteiger partial charge >= 0.3 is 0 Å². The van der Waals surface area contributed by atoms with Crippen molar-refractivity contribution in [3.8, 4) is 0 Å². The lowest BCUT2D eigenvalue weighted by Crippen LogP contribution is -2.35. The summed E-state index contributed by atoms with van der Waals surface area (Å²) in [6, 6.07) is 5.72. The third-order valence-corrected chi connectivity index (χ3v) is 4.58. The molecule has 98 valence electrons. The van der Waals surface area contributed by atoms with Crippen LogP contribution in [0.2, 0.25) is 0 Å².